The summed E-state index contributed by atoms with van der Waals surface area (Å²) in [6.07, 6.45) is 3.47. The first-order valence-electron chi connectivity index (χ1n) is 7.05. The quantitative estimate of drug-likeness (QED) is 0.819. The third-order valence-corrected chi connectivity index (χ3v) is 3.77. The zero-order valence-corrected chi connectivity index (χ0v) is 12.5. The second-order valence-corrected chi connectivity index (χ2v) is 5.51. The molecule has 0 radical (unpaired) electrons. The molecular weight excluding hydrogens is 252 g/mol. The number of aryl methyl sites for hydroxylation is 1. The fourth-order valence-corrected chi connectivity index (χ4v) is 2.84. The molecule has 1 unspecified atom stereocenters. The number of benzene rings is 1. The van der Waals surface area contributed by atoms with E-state index in [2.05, 4.69) is 53.8 Å². The molecule has 2 aromatic rings. The van der Waals surface area contributed by atoms with Gasteiger partial charge in [0.15, 0.2) is 0 Å². The predicted octanol–water partition coefficient (Wildman–Crippen LogP) is 4.18. The van der Waals surface area contributed by atoms with Gasteiger partial charge < -0.3 is 5.32 Å². The Morgan fingerprint density at radius 3 is 2.84 bits per heavy atom. The van der Waals surface area contributed by atoms with Gasteiger partial charge in [-0.25, -0.2) is 4.98 Å². The molecule has 0 saturated carbocycles. The highest BCUT2D eigenvalue weighted by Crippen LogP contribution is 2.23. The largest absolute Gasteiger partial charge is 0.305 e. The highest BCUT2D eigenvalue weighted by atomic mass is 32.1. The second kappa shape index (κ2) is 7.41. The van der Waals surface area contributed by atoms with Crippen molar-refractivity contribution < 1.29 is 0 Å². The molecule has 1 heterocycles. The Morgan fingerprint density at radius 2 is 2.16 bits per heavy atom. The third kappa shape index (κ3) is 3.88. The van der Waals surface area contributed by atoms with Crippen LogP contribution < -0.4 is 5.32 Å². The van der Waals surface area contributed by atoms with Crippen molar-refractivity contribution in [3.05, 3.63) is 52.0 Å². The Morgan fingerprint density at radius 1 is 1.26 bits per heavy atom. The Bertz CT molecular complexity index is 479. The number of nitrogens with zero attached hydrogens (tertiary/aromatic N) is 1. The summed E-state index contributed by atoms with van der Waals surface area (Å²) in [4.78, 5) is 4.48. The summed E-state index contributed by atoms with van der Waals surface area (Å²) in [5, 5.41) is 5.74. The van der Waals surface area contributed by atoms with Crippen LogP contribution in [0.15, 0.2) is 35.2 Å². The first kappa shape index (κ1) is 14.2. The van der Waals surface area contributed by atoms with E-state index in [4.69, 9.17) is 0 Å². The lowest BCUT2D eigenvalue weighted by Gasteiger charge is -2.18. The Balaban J connectivity index is 2.24. The molecule has 1 N–H and O–H groups in total. The highest BCUT2D eigenvalue weighted by Gasteiger charge is 2.15. The first-order chi connectivity index (χ1) is 9.35. The van der Waals surface area contributed by atoms with Crippen molar-refractivity contribution in [2.75, 3.05) is 6.54 Å². The van der Waals surface area contributed by atoms with Crippen LogP contribution in [0, 0.1) is 0 Å². The van der Waals surface area contributed by atoms with Gasteiger partial charge in [0.2, 0.25) is 0 Å². The van der Waals surface area contributed by atoms with Gasteiger partial charge in [0, 0.05) is 5.38 Å². The monoisotopic (exact) mass is 274 g/mol. The van der Waals surface area contributed by atoms with Crippen LogP contribution in [-0.4, -0.2) is 11.5 Å². The van der Waals surface area contributed by atoms with Gasteiger partial charge in [0.1, 0.15) is 0 Å². The van der Waals surface area contributed by atoms with Crippen molar-refractivity contribution in [1.82, 2.24) is 10.3 Å². The summed E-state index contributed by atoms with van der Waals surface area (Å²) < 4.78 is 0. The van der Waals surface area contributed by atoms with Crippen molar-refractivity contribution in [1.29, 1.82) is 0 Å². The molecular formula is C16H22N2S. The molecule has 0 aliphatic rings. The molecule has 0 saturated heterocycles. The molecule has 0 amide bonds. The van der Waals surface area contributed by atoms with E-state index in [-0.39, 0.29) is 6.04 Å². The van der Waals surface area contributed by atoms with E-state index in [0.717, 1.165) is 25.1 Å². The SMILES string of the molecule is CCCNC(c1cccc(CCC)c1)c1cscn1. The normalized spacial score (nSPS) is 12.5. The molecule has 19 heavy (non-hydrogen) atoms. The number of hydrogen-bond donors (Lipinski definition) is 1. The summed E-state index contributed by atoms with van der Waals surface area (Å²) in [7, 11) is 0. The number of nitrogens with one attached hydrogen (secondary N) is 1. The zero-order chi connectivity index (χ0) is 13.5. The van der Waals surface area contributed by atoms with Crippen LogP contribution in [0.25, 0.3) is 0 Å². The molecule has 0 spiro atoms. The highest BCUT2D eigenvalue weighted by molar-refractivity contribution is 7.07. The van der Waals surface area contributed by atoms with E-state index in [1.807, 2.05) is 5.51 Å². The molecule has 3 heteroatoms. The average molecular weight is 274 g/mol. The van der Waals surface area contributed by atoms with Gasteiger partial charge in [0.25, 0.3) is 0 Å². The van der Waals surface area contributed by atoms with Crippen LogP contribution in [0.5, 0.6) is 0 Å². The molecule has 1 aromatic heterocycles. The molecule has 2 nitrogen and oxygen atoms in total. The van der Waals surface area contributed by atoms with Crippen molar-refractivity contribution in [2.24, 2.45) is 0 Å². The van der Waals surface area contributed by atoms with Gasteiger partial charge in [-0.1, -0.05) is 44.5 Å². The minimum absolute atomic E-state index is 0.225. The van der Waals surface area contributed by atoms with Gasteiger partial charge in [-0.15, -0.1) is 11.3 Å². The van der Waals surface area contributed by atoms with Crippen LogP contribution in [0.1, 0.15) is 49.6 Å². The zero-order valence-electron chi connectivity index (χ0n) is 11.7. The fourth-order valence-electron chi connectivity index (χ4n) is 2.26. The van der Waals surface area contributed by atoms with E-state index in [0.29, 0.717) is 0 Å². The molecule has 2 rings (SSSR count). The van der Waals surface area contributed by atoms with E-state index < -0.39 is 0 Å². The summed E-state index contributed by atoms with van der Waals surface area (Å²) in [5.41, 5.74) is 5.78. The molecule has 1 atom stereocenters. The minimum atomic E-state index is 0.225. The maximum absolute atomic E-state index is 4.48. The van der Waals surface area contributed by atoms with E-state index in [1.165, 1.54) is 17.5 Å². The van der Waals surface area contributed by atoms with Crippen LogP contribution in [0.4, 0.5) is 0 Å². The topological polar surface area (TPSA) is 24.9 Å². The summed E-state index contributed by atoms with van der Waals surface area (Å²) in [6, 6.07) is 9.11. The number of aromatic nitrogens is 1. The van der Waals surface area contributed by atoms with Gasteiger partial charge in [-0.05, 0) is 30.5 Å². The average Bonchev–Trinajstić information content (AvgIpc) is 2.94. The number of rotatable bonds is 7. The Kier molecular flexibility index (Phi) is 5.55. The summed E-state index contributed by atoms with van der Waals surface area (Å²) in [6.45, 7) is 5.43. The molecule has 102 valence electrons. The summed E-state index contributed by atoms with van der Waals surface area (Å²) >= 11 is 1.66. The molecule has 0 bridgehead atoms. The standard InChI is InChI=1S/C16H22N2S/c1-3-6-13-7-5-8-14(10-13)16(17-9-4-2)15-11-19-12-18-15/h5,7-8,10-12,16-17H,3-4,6,9H2,1-2H3. The first-order valence-corrected chi connectivity index (χ1v) is 7.99. The van der Waals surface area contributed by atoms with E-state index >= 15 is 0 Å². The smallest absolute Gasteiger partial charge is 0.0795 e. The fraction of sp³-hybridized carbons (Fsp3) is 0.438. The molecule has 0 aliphatic carbocycles. The van der Waals surface area contributed by atoms with Crippen molar-refractivity contribution >= 4 is 11.3 Å². The van der Waals surface area contributed by atoms with Crippen molar-refractivity contribution in [3.8, 4) is 0 Å². The summed E-state index contributed by atoms with van der Waals surface area (Å²) in [5.74, 6) is 0. The van der Waals surface area contributed by atoms with Crippen LogP contribution in [-0.2, 0) is 6.42 Å². The Hall–Kier alpha value is -1.19. The lowest BCUT2D eigenvalue weighted by molar-refractivity contribution is 0.588. The van der Waals surface area contributed by atoms with Crippen molar-refractivity contribution in [2.45, 2.75) is 39.2 Å². The van der Waals surface area contributed by atoms with Gasteiger partial charge in [-0.3, -0.25) is 0 Å². The second-order valence-electron chi connectivity index (χ2n) is 4.80. The molecule has 1 aromatic carbocycles. The van der Waals surface area contributed by atoms with Gasteiger partial charge in [-0.2, -0.15) is 0 Å². The number of hydrogen-bond acceptors (Lipinski definition) is 3. The lowest BCUT2D eigenvalue weighted by Crippen LogP contribution is -2.23. The van der Waals surface area contributed by atoms with Gasteiger partial charge in [0.05, 0.1) is 17.2 Å². The molecule has 0 fully saturated rings. The maximum Gasteiger partial charge on any atom is 0.0795 e. The van der Waals surface area contributed by atoms with Crippen molar-refractivity contribution in [3.63, 3.8) is 0 Å². The van der Waals surface area contributed by atoms with Gasteiger partial charge >= 0.3 is 0 Å². The maximum atomic E-state index is 4.48. The van der Waals surface area contributed by atoms with E-state index in [1.54, 1.807) is 11.3 Å². The van der Waals surface area contributed by atoms with Crippen LogP contribution in [0.3, 0.4) is 0 Å². The van der Waals surface area contributed by atoms with E-state index in [9.17, 15) is 0 Å². The Labute approximate surface area is 119 Å². The third-order valence-electron chi connectivity index (χ3n) is 3.17. The lowest BCUT2D eigenvalue weighted by atomic mass is 10.00. The predicted molar refractivity (Wildman–Crippen MR) is 82.7 cm³/mol. The minimum Gasteiger partial charge on any atom is -0.305 e. The van der Waals surface area contributed by atoms with Crippen LogP contribution >= 0.6 is 11.3 Å². The molecule has 0 aliphatic heterocycles. The number of thiazole rings is 1. The van der Waals surface area contributed by atoms with Crippen LogP contribution in [0.2, 0.25) is 0 Å².